The van der Waals surface area contributed by atoms with E-state index in [2.05, 4.69) is 31.2 Å². The van der Waals surface area contributed by atoms with E-state index in [-0.39, 0.29) is 11.1 Å². The molecule has 0 nitrogen and oxygen atoms in total. The first-order chi connectivity index (χ1) is 15.0. The van der Waals surface area contributed by atoms with E-state index in [0.717, 1.165) is 37.0 Å². The molecule has 1 aliphatic rings. The van der Waals surface area contributed by atoms with Crippen molar-refractivity contribution in [3.63, 3.8) is 0 Å². The maximum absolute atomic E-state index is 15.2. The maximum atomic E-state index is 15.2. The highest BCUT2D eigenvalue weighted by atomic mass is 19.2. The zero-order chi connectivity index (χ0) is 22.0. The highest BCUT2D eigenvalue weighted by Crippen LogP contribution is 2.37. The van der Waals surface area contributed by atoms with E-state index in [1.165, 1.54) is 30.4 Å². The third-order valence-corrected chi connectivity index (χ3v) is 6.36. The first-order valence-electron chi connectivity index (χ1n) is 11.0. The van der Waals surface area contributed by atoms with Gasteiger partial charge in [-0.2, -0.15) is 0 Å². The van der Waals surface area contributed by atoms with Gasteiger partial charge >= 0.3 is 0 Å². The van der Waals surface area contributed by atoms with Crippen LogP contribution in [0.15, 0.2) is 48.5 Å². The van der Waals surface area contributed by atoms with Crippen LogP contribution in [0.25, 0.3) is 11.1 Å². The van der Waals surface area contributed by atoms with Gasteiger partial charge in [0.2, 0.25) is 0 Å². The molecule has 1 aliphatic carbocycles. The average Bonchev–Trinajstić information content (AvgIpc) is 2.78. The molecule has 4 heteroatoms. The minimum Gasteiger partial charge on any atom is -0.206 e. The SMILES string of the molecule is CCCCCc1ccc(C2CCc3c(ccc(-c4cc(F)c(F)c(F)c4)c3F)C2)cc1. The van der Waals surface area contributed by atoms with Gasteiger partial charge in [-0.3, -0.25) is 0 Å². The summed E-state index contributed by atoms with van der Waals surface area (Å²) in [5.41, 5.74) is 4.24. The molecule has 0 fully saturated rings. The van der Waals surface area contributed by atoms with Crippen LogP contribution < -0.4 is 0 Å². The summed E-state index contributed by atoms with van der Waals surface area (Å²) in [4.78, 5) is 0. The van der Waals surface area contributed by atoms with E-state index in [9.17, 15) is 13.2 Å². The van der Waals surface area contributed by atoms with Crippen molar-refractivity contribution in [2.45, 2.75) is 57.8 Å². The van der Waals surface area contributed by atoms with Gasteiger partial charge in [0.25, 0.3) is 0 Å². The number of halogens is 4. The molecule has 0 heterocycles. The number of benzene rings is 3. The molecule has 1 unspecified atom stereocenters. The fourth-order valence-electron chi connectivity index (χ4n) is 4.56. The maximum Gasteiger partial charge on any atom is 0.194 e. The minimum atomic E-state index is -1.54. The van der Waals surface area contributed by atoms with Gasteiger partial charge in [-0.1, -0.05) is 56.2 Å². The largest absolute Gasteiger partial charge is 0.206 e. The number of rotatable bonds is 6. The predicted octanol–water partition coefficient (Wildman–Crippen LogP) is 7.92. The first kappa shape index (κ1) is 21.6. The van der Waals surface area contributed by atoms with Crippen molar-refractivity contribution >= 4 is 0 Å². The zero-order valence-corrected chi connectivity index (χ0v) is 17.7. The number of unbranched alkanes of at least 4 members (excludes halogenated alkanes) is 2. The van der Waals surface area contributed by atoms with Crippen LogP contribution in [0.4, 0.5) is 17.6 Å². The van der Waals surface area contributed by atoms with Crippen molar-refractivity contribution in [1.82, 2.24) is 0 Å². The van der Waals surface area contributed by atoms with Gasteiger partial charge in [0.15, 0.2) is 17.5 Å². The predicted molar refractivity (Wildman–Crippen MR) is 116 cm³/mol. The lowest BCUT2D eigenvalue weighted by Crippen LogP contribution is -2.15. The molecule has 0 amide bonds. The molecule has 0 spiro atoms. The Bertz CT molecular complexity index is 1050. The van der Waals surface area contributed by atoms with Gasteiger partial charge in [-0.15, -0.1) is 0 Å². The molecule has 0 saturated carbocycles. The fourth-order valence-corrected chi connectivity index (χ4v) is 4.56. The highest BCUT2D eigenvalue weighted by Gasteiger charge is 2.25. The van der Waals surface area contributed by atoms with Crippen molar-refractivity contribution in [3.8, 4) is 11.1 Å². The molecule has 0 radical (unpaired) electrons. The summed E-state index contributed by atoms with van der Waals surface area (Å²) in [6.45, 7) is 2.20. The Hall–Kier alpha value is -2.62. The van der Waals surface area contributed by atoms with Crippen molar-refractivity contribution in [1.29, 1.82) is 0 Å². The van der Waals surface area contributed by atoms with Crippen LogP contribution >= 0.6 is 0 Å². The quantitative estimate of drug-likeness (QED) is 0.213. The molecule has 162 valence electrons. The lowest BCUT2D eigenvalue weighted by molar-refractivity contribution is 0.447. The second-order valence-corrected chi connectivity index (χ2v) is 8.46. The smallest absolute Gasteiger partial charge is 0.194 e. The number of hydrogen-bond acceptors (Lipinski definition) is 0. The molecule has 0 N–H and O–H groups in total. The van der Waals surface area contributed by atoms with Gasteiger partial charge in [0.1, 0.15) is 5.82 Å². The molecule has 0 bridgehead atoms. The second-order valence-electron chi connectivity index (χ2n) is 8.46. The van der Waals surface area contributed by atoms with E-state index >= 15 is 4.39 Å². The molecular formula is C27H26F4. The Morgan fingerprint density at radius 2 is 1.55 bits per heavy atom. The summed E-state index contributed by atoms with van der Waals surface area (Å²) in [5, 5.41) is 0. The monoisotopic (exact) mass is 426 g/mol. The van der Waals surface area contributed by atoms with Crippen molar-refractivity contribution in [3.05, 3.63) is 94.1 Å². The van der Waals surface area contributed by atoms with Gasteiger partial charge in [-0.05, 0) is 78.0 Å². The van der Waals surface area contributed by atoms with Gasteiger partial charge < -0.3 is 0 Å². The standard InChI is InChI=1S/C27H26F4/c1-2-3-4-5-17-6-8-18(9-7-17)19-10-12-22-20(14-19)11-13-23(26(22)30)21-15-24(28)27(31)25(29)16-21/h6-9,11,13,15-16,19H,2-5,10,12,14H2,1H3. The van der Waals surface area contributed by atoms with Crippen LogP contribution in [0, 0.1) is 23.3 Å². The summed E-state index contributed by atoms with van der Waals surface area (Å²) in [6, 6.07) is 13.8. The summed E-state index contributed by atoms with van der Waals surface area (Å²) in [5.74, 6) is -4.31. The normalized spacial score (nSPS) is 15.7. The van der Waals surface area contributed by atoms with Crippen molar-refractivity contribution in [2.24, 2.45) is 0 Å². The Balaban J connectivity index is 1.54. The van der Waals surface area contributed by atoms with Gasteiger partial charge in [-0.25, -0.2) is 17.6 Å². The summed E-state index contributed by atoms with van der Waals surface area (Å²) in [6.07, 6.45) is 6.86. The van der Waals surface area contributed by atoms with Crippen LogP contribution in [0.1, 0.15) is 60.8 Å². The third kappa shape index (κ3) is 4.53. The van der Waals surface area contributed by atoms with E-state index in [1.54, 1.807) is 6.07 Å². The fraction of sp³-hybridized carbons (Fsp3) is 0.333. The third-order valence-electron chi connectivity index (χ3n) is 6.36. The molecule has 0 saturated heterocycles. The van der Waals surface area contributed by atoms with Gasteiger partial charge in [0, 0.05) is 5.56 Å². The molecule has 31 heavy (non-hydrogen) atoms. The Labute approximate surface area is 180 Å². The van der Waals surface area contributed by atoms with Crippen LogP contribution in [0.2, 0.25) is 0 Å². The minimum absolute atomic E-state index is 0.0116. The molecule has 0 aliphatic heterocycles. The lowest BCUT2D eigenvalue weighted by atomic mass is 9.79. The Kier molecular flexibility index (Phi) is 6.45. The van der Waals surface area contributed by atoms with Crippen molar-refractivity contribution < 1.29 is 17.6 Å². The van der Waals surface area contributed by atoms with Crippen LogP contribution in [-0.2, 0) is 19.3 Å². The summed E-state index contributed by atoms with van der Waals surface area (Å²) in [7, 11) is 0. The Morgan fingerprint density at radius 1 is 0.839 bits per heavy atom. The van der Waals surface area contributed by atoms with Crippen LogP contribution in [0.5, 0.6) is 0 Å². The van der Waals surface area contributed by atoms with E-state index in [4.69, 9.17) is 0 Å². The molecule has 4 rings (SSSR count). The topological polar surface area (TPSA) is 0 Å². The number of hydrogen-bond donors (Lipinski definition) is 0. The average molecular weight is 426 g/mol. The van der Waals surface area contributed by atoms with Crippen molar-refractivity contribution in [2.75, 3.05) is 0 Å². The number of fused-ring (bicyclic) bond motifs is 1. The Morgan fingerprint density at radius 3 is 2.23 bits per heavy atom. The van der Waals surface area contributed by atoms with E-state index in [0.29, 0.717) is 17.9 Å². The van der Waals surface area contributed by atoms with E-state index < -0.39 is 23.3 Å². The van der Waals surface area contributed by atoms with E-state index in [1.807, 2.05) is 6.07 Å². The zero-order valence-electron chi connectivity index (χ0n) is 17.7. The molecule has 3 aromatic rings. The second kappa shape index (κ2) is 9.25. The van der Waals surface area contributed by atoms with Crippen LogP contribution in [-0.4, -0.2) is 0 Å². The summed E-state index contributed by atoms with van der Waals surface area (Å²) < 4.78 is 55.7. The summed E-state index contributed by atoms with van der Waals surface area (Å²) >= 11 is 0. The number of aryl methyl sites for hydroxylation is 1. The first-order valence-corrected chi connectivity index (χ1v) is 11.0. The molecule has 0 aromatic heterocycles. The molecule has 3 aromatic carbocycles. The molecule has 1 atom stereocenters. The highest BCUT2D eigenvalue weighted by molar-refractivity contribution is 5.66. The molecular weight excluding hydrogens is 400 g/mol. The van der Waals surface area contributed by atoms with Gasteiger partial charge in [0.05, 0.1) is 0 Å². The lowest BCUT2D eigenvalue weighted by Gasteiger charge is -2.26. The van der Waals surface area contributed by atoms with Crippen LogP contribution in [0.3, 0.4) is 0 Å².